The van der Waals surface area contributed by atoms with Gasteiger partial charge in [0, 0.05) is 42.2 Å². The number of hydrogen-bond donors (Lipinski definition) is 2. The summed E-state index contributed by atoms with van der Waals surface area (Å²) in [6.45, 7) is 0.586. The minimum Gasteiger partial charge on any atom is -0.382 e. The average molecular weight is 327 g/mol. The molecule has 8 heteroatoms. The van der Waals surface area contributed by atoms with E-state index in [2.05, 4.69) is 10.6 Å². The fraction of sp³-hybridized carbons (Fsp3) is 0.462. The Labute approximate surface area is 131 Å². The molecule has 1 heterocycles. The second kappa shape index (κ2) is 7.56. The second-order valence-electron chi connectivity index (χ2n) is 4.48. The van der Waals surface area contributed by atoms with Gasteiger partial charge < -0.3 is 10.6 Å². The van der Waals surface area contributed by atoms with Crippen molar-refractivity contribution in [1.82, 2.24) is 5.32 Å². The number of nitrogens with zero attached hydrogens (tertiary/aromatic N) is 1. The second-order valence-corrected chi connectivity index (χ2v) is 7.04. The largest absolute Gasteiger partial charge is 0.382 e. The van der Waals surface area contributed by atoms with E-state index in [4.69, 9.17) is 0 Å². The molecule has 1 atom stereocenters. The van der Waals surface area contributed by atoms with Gasteiger partial charge in [-0.2, -0.15) is 23.5 Å². The van der Waals surface area contributed by atoms with Gasteiger partial charge in [-0.3, -0.25) is 14.9 Å². The summed E-state index contributed by atoms with van der Waals surface area (Å²) < 4.78 is 0. The number of carbonyl (C=O) groups is 1. The van der Waals surface area contributed by atoms with Crippen molar-refractivity contribution in [3.05, 3.63) is 33.9 Å². The van der Waals surface area contributed by atoms with Gasteiger partial charge in [-0.05, 0) is 6.07 Å². The molecule has 6 nitrogen and oxygen atoms in total. The minimum absolute atomic E-state index is 0.0900. The van der Waals surface area contributed by atoms with Crippen LogP contribution in [0.25, 0.3) is 0 Å². The number of amides is 1. The Morgan fingerprint density at radius 1 is 1.48 bits per heavy atom. The molecular weight excluding hydrogens is 310 g/mol. The Hall–Kier alpha value is -1.41. The fourth-order valence-corrected chi connectivity index (χ4v) is 4.71. The van der Waals surface area contributed by atoms with E-state index >= 15 is 0 Å². The number of nitro groups is 1. The Morgan fingerprint density at radius 3 is 2.90 bits per heavy atom. The van der Waals surface area contributed by atoms with Gasteiger partial charge in [-0.1, -0.05) is 6.07 Å². The predicted molar refractivity (Wildman–Crippen MR) is 88.5 cm³/mol. The average Bonchev–Trinajstić information content (AvgIpc) is 2.52. The third-order valence-corrected chi connectivity index (χ3v) is 5.95. The van der Waals surface area contributed by atoms with Crippen LogP contribution in [0, 0.1) is 10.1 Å². The normalized spacial score (nSPS) is 18.0. The zero-order valence-corrected chi connectivity index (χ0v) is 13.3. The number of para-hydroxylation sites is 1. The lowest BCUT2D eigenvalue weighted by Crippen LogP contribution is -2.33. The van der Waals surface area contributed by atoms with Crippen LogP contribution >= 0.6 is 23.5 Å². The molecule has 1 aliphatic heterocycles. The van der Waals surface area contributed by atoms with Crippen molar-refractivity contribution < 1.29 is 9.72 Å². The molecule has 1 aliphatic rings. The molecule has 2 rings (SSSR count). The summed E-state index contributed by atoms with van der Waals surface area (Å²) in [5, 5.41) is 17.0. The van der Waals surface area contributed by atoms with Crippen LogP contribution in [0.4, 0.5) is 11.4 Å². The first-order chi connectivity index (χ1) is 10.1. The molecule has 1 unspecified atom stereocenters. The molecule has 1 fully saturated rings. The quantitative estimate of drug-likeness (QED) is 0.637. The van der Waals surface area contributed by atoms with Crippen LogP contribution in [-0.4, -0.2) is 46.9 Å². The molecule has 114 valence electrons. The van der Waals surface area contributed by atoms with Gasteiger partial charge in [-0.25, -0.2) is 0 Å². The SMILES string of the molecule is CNc1c(C(=O)NCC2CSCCS2)cccc1[N+](=O)[O-]. The van der Waals surface area contributed by atoms with Crippen molar-refractivity contribution in [2.75, 3.05) is 36.2 Å². The summed E-state index contributed by atoms with van der Waals surface area (Å²) in [6.07, 6.45) is 0. The predicted octanol–water partition coefficient (Wildman–Crippen LogP) is 2.21. The molecule has 0 bridgehead atoms. The third kappa shape index (κ3) is 4.04. The molecule has 1 amide bonds. The van der Waals surface area contributed by atoms with Crippen molar-refractivity contribution in [2.24, 2.45) is 0 Å². The van der Waals surface area contributed by atoms with Crippen LogP contribution in [0.15, 0.2) is 18.2 Å². The van der Waals surface area contributed by atoms with E-state index in [0.717, 1.165) is 17.3 Å². The Kier molecular flexibility index (Phi) is 5.75. The molecule has 0 saturated carbocycles. The molecule has 1 saturated heterocycles. The maximum Gasteiger partial charge on any atom is 0.293 e. The highest BCUT2D eigenvalue weighted by molar-refractivity contribution is 8.06. The van der Waals surface area contributed by atoms with Crippen molar-refractivity contribution in [1.29, 1.82) is 0 Å². The van der Waals surface area contributed by atoms with E-state index in [1.165, 1.54) is 12.1 Å². The number of anilines is 1. The first-order valence-electron chi connectivity index (χ1n) is 6.56. The summed E-state index contributed by atoms with van der Waals surface area (Å²) in [7, 11) is 1.58. The molecule has 1 aromatic rings. The molecule has 0 aliphatic carbocycles. The van der Waals surface area contributed by atoms with Gasteiger partial charge in [0.05, 0.1) is 10.5 Å². The first kappa shape index (κ1) is 16.0. The standard InChI is InChI=1S/C13H17N3O3S2/c1-14-12-10(3-2-4-11(12)16(18)19)13(17)15-7-9-8-20-5-6-21-9/h2-4,9,14H,5-8H2,1H3,(H,15,17). The van der Waals surface area contributed by atoms with Crippen LogP contribution < -0.4 is 10.6 Å². The van der Waals surface area contributed by atoms with Gasteiger partial charge in [0.15, 0.2) is 0 Å². The summed E-state index contributed by atoms with van der Waals surface area (Å²) in [5.74, 6) is 3.01. The zero-order valence-electron chi connectivity index (χ0n) is 11.6. The highest BCUT2D eigenvalue weighted by Crippen LogP contribution is 2.28. The van der Waals surface area contributed by atoms with Gasteiger partial charge in [0.2, 0.25) is 0 Å². The number of nitro benzene ring substituents is 1. The number of hydrogen-bond acceptors (Lipinski definition) is 6. The number of nitrogens with one attached hydrogen (secondary N) is 2. The molecule has 21 heavy (non-hydrogen) atoms. The van der Waals surface area contributed by atoms with Crippen LogP contribution in [0.2, 0.25) is 0 Å². The lowest BCUT2D eigenvalue weighted by Gasteiger charge is -2.21. The van der Waals surface area contributed by atoms with Gasteiger partial charge in [0.25, 0.3) is 11.6 Å². The van der Waals surface area contributed by atoms with E-state index in [0.29, 0.717) is 17.4 Å². The van der Waals surface area contributed by atoms with E-state index in [1.807, 2.05) is 23.5 Å². The van der Waals surface area contributed by atoms with Gasteiger partial charge >= 0.3 is 0 Å². The molecule has 0 spiro atoms. The maximum absolute atomic E-state index is 12.3. The lowest BCUT2D eigenvalue weighted by atomic mass is 10.1. The zero-order chi connectivity index (χ0) is 15.2. The maximum atomic E-state index is 12.3. The van der Waals surface area contributed by atoms with Crippen LogP contribution in [0.3, 0.4) is 0 Å². The highest BCUT2D eigenvalue weighted by Gasteiger charge is 2.21. The summed E-state index contributed by atoms with van der Waals surface area (Å²) in [4.78, 5) is 22.8. The lowest BCUT2D eigenvalue weighted by molar-refractivity contribution is -0.384. The molecule has 2 N–H and O–H groups in total. The van der Waals surface area contributed by atoms with Gasteiger partial charge in [-0.15, -0.1) is 0 Å². The van der Waals surface area contributed by atoms with E-state index in [9.17, 15) is 14.9 Å². The van der Waals surface area contributed by atoms with Crippen molar-refractivity contribution in [2.45, 2.75) is 5.25 Å². The van der Waals surface area contributed by atoms with E-state index in [-0.39, 0.29) is 17.3 Å². The minimum atomic E-state index is -0.490. The van der Waals surface area contributed by atoms with Crippen molar-refractivity contribution >= 4 is 40.8 Å². The summed E-state index contributed by atoms with van der Waals surface area (Å²) in [5.41, 5.74) is 0.471. The molecule has 0 radical (unpaired) electrons. The Bertz CT molecular complexity index is 533. The number of benzene rings is 1. The summed E-state index contributed by atoms with van der Waals surface area (Å²) >= 11 is 3.75. The van der Waals surface area contributed by atoms with E-state index in [1.54, 1.807) is 13.1 Å². The number of carbonyl (C=O) groups excluding carboxylic acids is 1. The van der Waals surface area contributed by atoms with Gasteiger partial charge in [0.1, 0.15) is 5.69 Å². The molecule has 0 aromatic heterocycles. The monoisotopic (exact) mass is 327 g/mol. The van der Waals surface area contributed by atoms with Crippen molar-refractivity contribution in [3.8, 4) is 0 Å². The fourth-order valence-electron chi connectivity index (χ4n) is 2.10. The van der Waals surface area contributed by atoms with E-state index < -0.39 is 4.92 Å². The first-order valence-corrected chi connectivity index (χ1v) is 8.76. The Balaban J connectivity index is 2.07. The smallest absolute Gasteiger partial charge is 0.293 e. The molecular formula is C13H17N3O3S2. The third-order valence-electron chi connectivity index (χ3n) is 3.11. The molecule has 1 aromatic carbocycles. The van der Waals surface area contributed by atoms with Crippen LogP contribution in [-0.2, 0) is 0 Å². The van der Waals surface area contributed by atoms with Crippen molar-refractivity contribution in [3.63, 3.8) is 0 Å². The van der Waals surface area contributed by atoms with Crippen LogP contribution in [0.1, 0.15) is 10.4 Å². The topological polar surface area (TPSA) is 84.3 Å². The number of rotatable bonds is 5. The summed E-state index contributed by atoms with van der Waals surface area (Å²) in [6, 6.07) is 4.51. The highest BCUT2D eigenvalue weighted by atomic mass is 32.2. The number of thioether (sulfide) groups is 2. The van der Waals surface area contributed by atoms with Crippen LogP contribution in [0.5, 0.6) is 0 Å². The Morgan fingerprint density at radius 2 is 2.29 bits per heavy atom.